The van der Waals surface area contributed by atoms with Gasteiger partial charge in [0, 0.05) is 20.8 Å². The van der Waals surface area contributed by atoms with Gasteiger partial charge in [-0.1, -0.05) is 25.7 Å². The van der Waals surface area contributed by atoms with Gasteiger partial charge in [0.15, 0.2) is 0 Å². The second kappa shape index (κ2) is 9.04. The van der Waals surface area contributed by atoms with Gasteiger partial charge in [-0.25, -0.2) is 0 Å². The van der Waals surface area contributed by atoms with E-state index in [4.69, 9.17) is 18.3 Å². The number of hydrogen-bond acceptors (Lipinski definition) is 4. The van der Waals surface area contributed by atoms with Gasteiger partial charge in [0.05, 0.1) is 13.2 Å². The summed E-state index contributed by atoms with van der Waals surface area (Å²) in [5.74, 6) is 0. The molecule has 0 bridgehead atoms. The predicted octanol–water partition coefficient (Wildman–Crippen LogP) is 2.72. The number of ether oxygens (including phenoxy) is 2. The Labute approximate surface area is 112 Å². The normalized spacial score (nSPS) is 19.2. The summed E-state index contributed by atoms with van der Waals surface area (Å²) in [7, 11) is 1.70. The van der Waals surface area contributed by atoms with Crippen LogP contribution in [0.1, 0.15) is 32.1 Å². The van der Waals surface area contributed by atoms with E-state index < -0.39 is 8.56 Å². The van der Waals surface area contributed by atoms with Crippen LogP contribution in [0.2, 0.25) is 12.6 Å². The van der Waals surface area contributed by atoms with Crippen molar-refractivity contribution in [3.8, 4) is 0 Å². The minimum atomic E-state index is -1.82. The predicted molar refractivity (Wildman–Crippen MR) is 74.1 cm³/mol. The number of unbranched alkanes of at least 4 members (excludes halogenated alkanes) is 4. The third kappa shape index (κ3) is 7.48. The zero-order valence-corrected chi connectivity index (χ0v) is 13.1. The van der Waals surface area contributed by atoms with E-state index in [9.17, 15) is 0 Å². The van der Waals surface area contributed by atoms with Crippen LogP contribution < -0.4 is 0 Å². The van der Waals surface area contributed by atoms with Crippen LogP contribution in [0.4, 0.5) is 0 Å². The molecule has 0 spiro atoms. The summed E-state index contributed by atoms with van der Waals surface area (Å²) in [5, 5.41) is 0. The lowest BCUT2D eigenvalue weighted by Gasteiger charge is -2.22. The number of hydrogen-bond donors (Lipinski definition) is 0. The van der Waals surface area contributed by atoms with Crippen molar-refractivity contribution in [3.63, 3.8) is 0 Å². The third-order valence-corrected chi connectivity index (χ3v) is 6.48. The van der Waals surface area contributed by atoms with Gasteiger partial charge in [0.1, 0.15) is 6.10 Å². The first-order valence-corrected chi connectivity index (χ1v) is 9.52. The molecule has 1 aliphatic heterocycles. The van der Waals surface area contributed by atoms with Crippen molar-refractivity contribution in [2.24, 2.45) is 0 Å². The van der Waals surface area contributed by atoms with Crippen LogP contribution in [-0.4, -0.2) is 48.7 Å². The van der Waals surface area contributed by atoms with Crippen molar-refractivity contribution in [1.29, 1.82) is 0 Å². The molecule has 1 saturated heterocycles. The Morgan fingerprint density at radius 3 is 2.28 bits per heavy atom. The summed E-state index contributed by atoms with van der Waals surface area (Å²) in [6.07, 6.45) is 6.57. The van der Waals surface area contributed by atoms with E-state index in [0.29, 0.717) is 6.10 Å². The summed E-state index contributed by atoms with van der Waals surface area (Å²) < 4.78 is 21.5. The summed E-state index contributed by atoms with van der Waals surface area (Å²) >= 11 is 0. The van der Waals surface area contributed by atoms with E-state index >= 15 is 0 Å². The lowest BCUT2D eigenvalue weighted by atomic mass is 10.2. The number of rotatable bonds is 12. The molecule has 1 heterocycles. The fraction of sp³-hybridized carbons (Fsp3) is 1.00. The van der Waals surface area contributed by atoms with Gasteiger partial charge in [-0.2, -0.15) is 0 Å². The lowest BCUT2D eigenvalue weighted by Crippen LogP contribution is -2.35. The summed E-state index contributed by atoms with van der Waals surface area (Å²) in [4.78, 5) is 0. The van der Waals surface area contributed by atoms with Gasteiger partial charge in [-0.05, 0) is 19.0 Å². The molecule has 1 rings (SSSR count). The van der Waals surface area contributed by atoms with Gasteiger partial charge >= 0.3 is 8.56 Å². The molecule has 1 atom stereocenters. The van der Waals surface area contributed by atoms with Crippen molar-refractivity contribution in [2.45, 2.75) is 50.8 Å². The van der Waals surface area contributed by atoms with Gasteiger partial charge < -0.3 is 18.3 Å². The first-order valence-electron chi connectivity index (χ1n) is 7.00. The molecule has 0 saturated carbocycles. The van der Waals surface area contributed by atoms with Crippen molar-refractivity contribution >= 4 is 8.56 Å². The molecule has 1 fully saturated rings. The minimum absolute atomic E-state index is 0.399. The molecule has 4 nitrogen and oxygen atoms in total. The SMILES string of the molecule is CO[Si](C)(CCCCCCCOCC1CO1)OC. The maximum absolute atomic E-state index is 5.50. The van der Waals surface area contributed by atoms with Gasteiger partial charge in [0.25, 0.3) is 0 Å². The van der Waals surface area contributed by atoms with E-state index in [1.807, 2.05) is 0 Å². The Hall–Kier alpha value is 0.0569. The van der Waals surface area contributed by atoms with Crippen molar-refractivity contribution < 1.29 is 18.3 Å². The highest BCUT2D eigenvalue weighted by atomic mass is 28.4. The van der Waals surface area contributed by atoms with Crippen molar-refractivity contribution in [2.75, 3.05) is 34.0 Å². The van der Waals surface area contributed by atoms with E-state index in [1.165, 1.54) is 25.7 Å². The Morgan fingerprint density at radius 2 is 1.67 bits per heavy atom. The first-order chi connectivity index (χ1) is 8.70. The molecule has 0 radical (unpaired) electrons. The van der Waals surface area contributed by atoms with Crippen LogP contribution >= 0.6 is 0 Å². The molecule has 1 unspecified atom stereocenters. The molecule has 1 aliphatic rings. The second-order valence-electron chi connectivity index (χ2n) is 5.09. The zero-order valence-electron chi connectivity index (χ0n) is 12.1. The molecule has 5 heteroatoms. The van der Waals surface area contributed by atoms with E-state index in [1.54, 1.807) is 14.2 Å². The van der Waals surface area contributed by atoms with Crippen LogP contribution in [-0.2, 0) is 18.3 Å². The molecular weight excluding hydrogens is 248 g/mol. The van der Waals surface area contributed by atoms with Crippen LogP contribution in [0, 0.1) is 0 Å². The molecule has 18 heavy (non-hydrogen) atoms. The Morgan fingerprint density at radius 1 is 1.06 bits per heavy atom. The topological polar surface area (TPSA) is 40.2 Å². The van der Waals surface area contributed by atoms with E-state index in [-0.39, 0.29) is 0 Å². The number of epoxide rings is 1. The highest BCUT2D eigenvalue weighted by Crippen LogP contribution is 2.17. The molecule has 0 amide bonds. The Bertz CT molecular complexity index is 205. The molecule has 108 valence electrons. The highest BCUT2D eigenvalue weighted by molar-refractivity contribution is 6.65. The summed E-state index contributed by atoms with van der Waals surface area (Å²) in [6.45, 7) is 4.68. The highest BCUT2D eigenvalue weighted by Gasteiger charge is 2.27. The van der Waals surface area contributed by atoms with Gasteiger partial charge in [0.2, 0.25) is 0 Å². The van der Waals surface area contributed by atoms with Crippen LogP contribution in [0.15, 0.2) is 0 Å². The fourth-order valence-corrected chi connectivity index (χ4v) is 3.31. The first kappa shape index (κ1) is 16.1. The average molecular weight is 276 g/mol. The van der Waals surface area contributed by atoms with Gasteiger partial charge in [-0.15, -0.1) is 0 Å². The van der Waals surface area contributed by atoms with Crippen molar-refractivity contribution in [3.05, 3.63) is 0 Å². The van der Waals surface area contributed by atoms with Crippen LogP contribution in [0.3, 0.4) is 0 Å². The van der Waals surface area contributed by atoms with Gasteiger partial charge in [-0.3, -0.25) is 0 Å². The minimum Gasteiger partial charge on any atom is -0.398 e. The molecular formula is C13H28O4Si. The maximum Gasteiger partial charge on any atom is 0.334 e. The van der Waals surface area contributed by atoms with E-state index in [0.717, 1.165) is 32.3 Å². The smallest absolute Gasteiger partial charge is 0.334 e. The lowest BCUT2D eigenvalue weighted by molar-refractivity contribution is 0.113. The standard InChI is InChI=1S/C13H28O4Si/c1-14-18(3,15-2)10-8-6-4-5-7-9-16-11-13-12-17-13/h13H,4-12H2,1-3H3. The molecule has 0 aromatic rings. The third-order valence-electron chi connectivity index (χ3n) is 3.49. The average Bonchev–Trinajstić information content (AvgIpc) is 3.20. The second-order valence-corrected chi connectivity index (χ2v) is 8.67. The quantitative estimate of drug-likeness (QED) is 0.312. The largest absolute Gasteiger partial charge is 0.398 e. The molecule has 0 aromatic heterocycles. The monoisotopic (exact) mass is 276 g/mol. The Balaban J connectivity index is 1.79. The van der Waals surface area contributed by atoms with Crippen LogP contribution in [0.5, 0.6) is 0 Å². The Kier molecular flexibility index (Phi) is 8.09. The summed E-state index contributed by atoms with van der Waals surface area (Å²) in [6, 6.07) is 1.09. The zero-order chi connectivity index (χ0) is 13.3. The fourth-order valence-electron chi connectivity index (χ4n) is 1.85. The molecule has 0 aliphatic carbocycles. The maximum atomic E-state index is 5.50. The molecule has 0 N–H and O–H groups in total. The van der Waals surface area contributed by atoms with E-state index in [2.05, 4.69) is 6.55 Å². The summed E-state index contributed by atoms with van der Waals surface area (Å²) in [5.41, 5.74) is 0. The van der Waals surface area contributed by atoms with Crippen LogP contribution in [0.25, 0.3) is 0 Å². The molecule has 0 aromatic carbocycles. The van der Waals surface area contributed by atoms with Crippen molar-refractivity contribution in [1.82, 2.24) is 0 Å².